The molecule has 0 aromatic carbocycles. The van der Waals surface area contributed by atoms with Gasteiger partial charge < -0.3 is 4.74 Å². The molecule has 0 N–H and O–H groups in total. The topological polar surface area (TPSA) is 61.2 Å². The second kappa shape index (κ2) is 4.69. The minimum atomic E-state index is -0.498. The fourth-order valence-corrected chi connectivity index (χ4v) is 1.62. The molecule has 0 fully saturated rings. The van der Waals surface area contributed by atoms with Gasteiger partial charge >= 0.3 is 5.97 Å². The third-order valence-corrected chi connectivity index (χ3v) is 2.32. The van der Waals surface area contributed by atoms with Crippen LogP contribution >= 0.6 is 0 Å². The molecule has 0 aliphatic carbocycles. The molecule has 0 bridgehead atoms. The highest BCUT2D eigenvalue weighted by Gasteiger charge is 2.27. The summed E-state index contributed by atoms with van der Waals surface area (Å²) in [5.41, 5.74) is 0.692. The summed E-state index contributed by atoms with van der Waals surface area (Å²) < 4.78 is 6.48. The van der Waals surface area contributed by atoms with Crippen LogP contribution in [0, 0.1) is 6.92 Å². The van der Waals surface area contributed by atoms with Crippen molar-refractivity contribution in [1.29, 1.82) is 0 Å². The molecule has 0 amide bonds. The van der Waals surface area contributed by atoms with Gasteiger partial charge in [-0.2, -0.15) is 5.10 Å². The predicted octanol–water partition coefficient (Wildman–Crippen LogP) is 1.94. The molecule has 0 saturated heterocycles. The predicted molar refractivity (Wildman–Crippen MR) is 63.3 cm³/mol. The third-order valence-electron chi connectivity index (χ3n) is 2.32. The number of carbonyl (C=O) groups excluding carboxylic acids is 2. The Labute approximate surface area is 101 Å². The smallest absolute Gasteiger partial charge is 0.342 e. The molecule has 1 aromatic heterocycles. The Balaban J connectivity index is 3.37. The highest BCUT2D eigenvalue weighted by molar-refractivity contribution is 5.98. The highest BCUT2D eigenvalue weighted by atomic mass is 16.5. The first-order valence-corrected chi connectivity index (χ1v) is 5.55. The lowest BCUT2D eigenvalue weighted by atomic mass is 10.1. The first kappa shape index (κ1) is 13.4. The molecular weight excluding hydrogens is 220 g/mol. The van der Waals surface area contributed by atoms with Crippen molar-refractivity contribution in [3.63, 3.8) is 0 Å². The molecule has 5 heteroatoms. The highest BCUT2D eigenvalue weighted by Crippen LogP contribution is 2.21. The van der Waals surface area contributed by atoms with Crippen molar-refractivity contribution < 1.29 is 14.3 Å². The molecule has 0 radical (unpaired) electrons. The minimum absolute atomic E-state index is 0.261. The van der Waals surface area contributed by atoms with E-state index in [1.165, 1.54) is 0 Å². The van der Waals surface area contributed by atoms with E-state index in [9.17, 15) is 9.59 Å². The van der Waals surface area contributed by atoms with Gasteiger partial charge in [-0.3, -0.25) is 9.48 Å². The molecule has 0 aliphatic rings. The average Bonchev–Trinajstić information content (AvgIpc) is 2.55. The summed E-state index contributed by atoms with van der Waals surface area (Å²) in [6.45, 7) is 9.45. The number of hydrogen-bond donors (Lipinski definition) is 0. The SMILES string of the molecule is CCOC(=O)c1c(C)nn(C(C)(C)C)c1C=O. The van der Waals surface area contributed by atoms with Gasteiger partial charge in [-0.15, -0.1) is 0 Å². The van der Waals surface area contributed by atoms with Crippen LogP contribution in [0.5, 0.6) is 0 Å². The van der Waals surface area contributed by atoms with E-state index in [2.05, 4.69) is 5.10 Å². The molecule has 0 unspecified atom stereocenters. The van der Waals surface area contributed by atoms with Gasteiger partial charge in [0.2, 0.25) is 0 Å². The van der Waals surface area contributed by atoms with Gasteiger partial charge in [0.1, 0.15) is 11.3 Å². The Bertz CT molecular complexity index is 441. The number of nitrogens with zero attached hydrogens (tertiary/aromatic N) is 2. The van der Waals surface area contributed by atoms with E-state index in [1.807, 2.05) is 20.8 Å². The van der Waals surface area contributed by atoms with Crippen LogP contribution in [0.15, 0.2) is 0 Å². The largest absolute Gasteiger partial charge is 0.462 e. The molecule has 0 spiro atoms. The van der Waals surface area contributed by atoms with E-state index in [-0.39, 0.29) is 23.4 Å². The minimum Gasteiger partial charge on any atom is -0.462 e. The average molecular weight is 238 g/mol. The number of rotatable bonds is 3. The summed E-state index contributed by atoms with van der Waals surface area (Å²) in [6, 6.07) is 0. The maximum absolute atomic E-state index is 11.8. The number of aryl methyl sites for hydroxylation is 1. The molecule has 0 atom stereocenters. The van der Waals surface area contributed by atoms with Gasteiger partial charge in [-0.25, -0.2) is 4.79 Å². The van der Waals surface area contributed by atoms with E-state index in [0.29, 0.717) is 12.0 Å². The van der Waals surface area contributed by atoms with Crippen molar-refractivity contribution in [2.45, 2.75) is 40.2 Å². The molecule has 94 valence electrons. The summed E-state index contributed by atoms with van der Waals surface area (Å²) in [4.78, 5) is 22.9. The summed E-state index contributed by atoms with van der Waals surface area (Å²) in [6.07, 6.45) is 0.650. The fourth-order valence-electron chi connectivity index (χ4n) is 1.62. The van der Waals surface area contributed by atoms with Crippen molar-refractivity contribution in [3.05, 3.63) is 17.0 Å². The van der Waals surface area contributed by atoms with Crippen LogP contribution in [0.4, 0.5) is 0 Å². The van der Waals surface area contributed by atoms with Crippen molar-refractivity contribution in [2.75, 3.05) is 6.61 Å². The Kier molecular flexibility index (Phi) is 3.70. The van der Waals surface area contributed by atoms with Crippen LogP contribution in [0.1, 0.15) is 54.2 Å². The van der Waals surface area contributed by atoms with Gasteiger partial charge in [-0.05, 0) is 34.6 Å². The molecule has 1 aromatic rings. The molecular formula is C12H18N2O3. The number of hydrogen-bond acceptors (Lipinski definition) is 4. The van der Waals surface area contributed by atoms with Gasteiger partial charge in [0.05, 0.1) is 17.8 Å². The Morgan fingerprint density at radius 2 is 2.06 bits per heavy atom. The lowest BCUT2D eigenvalue weighted by Crippen LogP contribution is -2.25. The van der Waals surface area contributed by atoms with Crippen LogP contribution < -0.4 is 0 Å². The van der Waals surface area contributed by atoms with Crippen LogP contribution in [-0.2, 0) is 10.3 Å². The lowest BCUT2D eigenvalue weighted by molar-refractivity contribution is 0.0523. The summed E-state index contributed by atoms with van der Waals surface area (Å²) in [5.74, 6) is -0.498. The molecule has 5 nitrogen and oxygen atoms in total. The maximum atomic E-state index is 11.8. The van der Waals surface area contributed by atoms with Crippen LogP contribution in [-0.4, -0.2) is 28.6 Å². The number of aldehydes is 1. The molecule has 1 rings (SSSR count). The van der Waals surface area contributed by atoms with E-state index in [0.717, 1.165) is 0 Å². The molecule has 0 aliphatic heterocycles. The van der Waals surface area contributed by atoms with Crippen molar-refractivity contribution >= 4 is 12.3 Å². The zero-order valence-electron chi connectivity index (χ0n) is 10.9. The zero-order chi connectivity index (χ0) is 13.2. The standard InChI is InChI=1S/C12H18N2O3/c1-6-17-11(16)10-8(2)13-14(9(10)7-15)12(3,4)5/h7H,6H2,1-5H3. The first-order valence-electron chi connectivity index (χ1n) is 5.55. The second-order valence-electron chi connectivity index (χ2n) is 4.77. The molecule has 0 saturated carbocycles. The maximum Gasteiger partial charge on any atom is 0.342 e. The third kappa shape index (κ3) is 2.54. The number of aromatic nitrogens is 2. The van der Waals surface area contributed by atoms with Crippen LogP contribution in [0.3, 0.4) is 0 Å². The molecule has 1 heterocycles. The zero-order valence-corrected chi connectivity index (χ0v) is 10.9. The first-order chi connectivity index (χ1) is 7.82. The van der Waals surface area contributed by atoms with Gasteiger partial charge in [0.25, 0.3) is 0 Å². The molecule has 17 heavy (non-hydrogen) atoms. The summed E-state index contributed by atoms with van der Waals surface area (Å²) in [7, 11) is 0. The van der Waals surface area contributed by atoms with E-state index < -0.39 is 5.97 Å². The van der Waals surface area contributed by atoms with E-state index in [4.69, 9.17) is 4.74 Å². The monoisotopic (exact) mass is 238 g/mol. The lowest BCUT2D eigenvalue weighted by Gasteiger charge is -2.20. The quantitative estimate of drug-likeness (QED) is 0.596. The van der Waals surface area contributed by atoms with E-state index in [1.54, 1.807) is 18.5 Å². The normalized spacial score (nSPS) is 11.4. The Morgan fingerprint density at radius 3 is 2.47 bits per heavy atom. The van der Waals surface area contributed by atoms with Gasteiger partial charge in [0.15, 0.2) is 6.29 Å². The van der Waals surface area contributed by atoms with Gasteiger partial charge in [-0.1, -0.05) is 0 Å². The summed E-state index contributed by atoms with van der Waals surface area (Å²) >= 11 is 0. The van der Waals surface area contributed by atoms with Crippen molar-refractivity contribution in [2.24, 2.45) is 0 Å². The summed E-state index contributed by atoms with van der Waals surface area (Å²) in [5, 5.41) is 4.24. The number of ether oxygens (including phenoxy) is 1. The van der Waals surface area contributed by atoms with Crippen LogP contribution in [0.2, 0.25) is 0 Å². The second-order valence-corrected chi connectivity index (χ2v) is 4.77. The number of esters is 1. The van der Waals surface area contributed by atoms with Crippen molar-refractivity contribution in [3.8, 4) is 0 Å². The van der Waals surface area contributed by atoms with Crippen molar-refractivity contribution in [1.82, 2.24) is 9.78 Å². The van der Waals surface area contributed by atoms with Gasteiger partial charge in [0, 0.05) is 0 Å². The van der Waals surface area contributed by atoms with Crippen LogP contribution in [0.25, 0.3) is 0 Å². The fraction of sp³-hybridized carbons (Fsp3) is 0.583. The number of carbonyl (C=O) groups is 2. The van der Waals surface area contributed by atoms with E-state index >= 15 is 0 Å². The Hall–Kier alpha value is -1.65. The Morgan fingerprint density at radius 1 is 1.47 bits per heavy atom.